The summed E-state index contributed by atoms with van der Waals surface area (Å²) < 4.78 is 40.2. The second-order valence-electron chi connectivity index (χ2n) is 5.10. The summed E-state index contributed by atoms with van der Waals surface area (Å²) in [6.45, 7) is 1.17. The van der Waals surface area contributed by atoms with Gasteiger partial charge < -0.3 is 14.2 Å². The fourth-order valence-corrected chi connectivity index (χ4v) is 2.20. The average molecular weight is 318 g/mol. The van der Waals surface area contributed by atoms with Gasteiger partial charge in [-0.05, 0) is 29.7 Å². The lowest BCUT2D eigenvalue weighted by molar-refractivity contribution is -0.286. The van der Waals surface area contributed by atoms with Gasteiger partial charge in [0.15, 0.2) is 11.5 Å². The van der Waals surface area contributed by atoms with Crippen molar-refractivity contribution < 1.29 is 23.0 Å². The predicted molar refractivity (Wildman–Crippen MR) is 82.4 cm³/mol. The lowest BCUT2D eigenvalue weighted by Gasteiger charge is -2.04. The Morgan fingerprint density at radius 3 is 2.61 bits per heavy atom. The van der Waals surface area contributed by atoms with Crippen LogP contribution in [0.15, 0.2) is 54.6 Å². The van der Waals surface area contributed by atoms with Crippen LogP contribution in [0.4, 0.5) is 8.78 Å². The summed E-state index contributed by atoms with van der Waals surface area (Å²) in [7, 11) is 0. The van der Waals surface area contributed by atoms with Crippen molar-refractivity contribution in [1.82, 2.24) is 0 Å². The zero-order valence-electron chi connectivity index (χ0n) is 12.4. The first-order valence-electron chi connectivity index (χ1n) is 7.30. The lowest BCUT2D eigenvalue weighted by Crippen LogP contribution is -2.25. The van der Waals surface area contributed by atoms with E-state index in [-0.39, 0.29) is 11.5 Å². The standard InChI is InChI=1S/C18H16F2O3/c19-18(20)22-16-10-9-14(12-17(16)23-18)6-4-5-11-21-13-15-7-2-1-3-8-15/h1-4,6-10,12H,5,11,13H2. The summed E-state index contributed by atoms with van der Waals surface area (Å²) in [5.74, 6) is 0.107. The van der Waals surface area contributed by atoms with Crippen LogP contribution in [0, 0.1) is 0 Å². The van der Waals surface area contributed by atoms with E-state index in [9.17, 15) is 8.78 Å². The molecule has 2 aromatic carbocycles. The largest absolute Gasteiger partial charge is 0.586 e. The molecule has 0 radical (unpaired) electrons. The molecular formula is C18H16F2O3. The van der Waals surface area contributed by atoms with Crippen LogP contribution in [0.2, 0.25) is 0 Å². The van der Waals surface area contributed by atoms with Crippen molar-refractivity contribution in [1.29, 1.82) is 0 Å². The Kier molecular flexibility index (Phi) is 4.57. The summed E-state index contributed by atoms with van der Waals surface area (Å²) >= 11 is 0. The van der Waals surface area contributed by atoms with Gasteiger partial charge in [-0.3, -0.25) is 0 Å². The van der Waals surface area contributed by atoms with Crippen molar-refractivity contribution in [2.75, 3.05) is 6.61 Å². The Balaban J connectivity index is 1.44. The van der Waals surface area contributed by atoms with Crippen molar-refractivity contribution in [3.8, 4) is 11.5 Å². The fourth-order valence-electron chi connectivity index (χ4n) is 2.20. The van der Waals surface area contributed by atoms with Gasteiger partial charge in [-0.2, -0.15) is 0 Å². The minimum Gasteiger partial charge on any atom is -0.395 e. The maximum atomic E-state index is 12.9. The van der Waals surface area contributed by atoms with Crippen LogP contribution in [-0.4, -0.2) is 12.9 Å². The van der Waals surface area contributed by atoms with Gasteiger partial charge in [0.25, 0.3) is 0 Å². The molecule has 0 saturated carbocycles. The molecule has 120 valence electrons. The van der Waals surface area contributed by atoms with E-state index >= 15 is 0 Å². The molecule has 0 spiro atoms. The molecule has 0 bridgehead atoms. The Morgan fingerprint density at radius 1 is 1.00 bits per heavy atom. The molecule has 1 aliphatic heterocycles. The predicted octanol–water partition coefficient (Wildman–Crippen LogP) is 4.63. The second-order valence-corrected chi connectivity index (χ2v) is 5.10. The Bertz CT molecular complexity index is 684. The molecule has 0 N–H and O–H groups in total. The van der Waals surface area contributed by atoms with E-state index in [1.807, 2.05) is 42.5 Å². The van der Waals surface area contributed by atoms with E-state index in [0.717, 1.165) is 17.5 Å². The molecule has 5 heteroatoms. The zero-order valence-corrected chi connectivity index (χ0v) is 12.4. The van der Waals surface area contributed by atoms with Crippen molar-refractivity contribution in [2.24, 2.45) is 0 Å². The molecule has 1 heterocycles. The zero-order chi connectivity index (χ0) is 16.1. The third kappa shape index (κ3) is 4.29. The number of alkyl halides is 2. The Morgan fingerprint density at radius 2 is 1.78 bits per heavy atom. The van der Waals surface area contributed by atoms with Crippen molar-refractivity contribution >= 4 is 6.08 Å². The summed E-state index contributed by atoms with van der Waals surface area (Å²) in [4.78, 5) is 0. The van der Waals surface area contributed by atoms with E-state index in [1.54, 1.807) is 6.07 Å². The Hall–Kier alpha value is -2.40. The summed E-state index contributed by atoms with van der Waals surface area (Å²) in [6.07, 6.45) is 0.931. The molecule has 1 aliphatic rings. The molecule has 0 atom stereocenters. The van der Waals surface area contributed by atoms with Crippen LogP contribution in [0.5, 0.6) is 11.5 Å². The van der Waals surface area contributed by atoms with Crippen LogP contribution in [0.3, 0.4) is 0 Å². The SMILES string of the molecule is FC1(F)Oc2ccc(C=CCCOCc3ccccc3)cc2O1. The van der Waals surface area contributed by atoms with Gasteiger partial charge in [0, 0.05) is 0 Å². The van der Waals surface area contributed by atoms with Gasteiger partial charge in [-0.25, -0.2) is 0 Å². The number of fused-ring (bicyclic) bond motifs is 1. The normalized spacial score (nSPS) is 15.2. The molecule has 2 aromatic rings. The maximum Gasteiger partial charge on any atom is 0.586 e. The maximum absolute atomic E-state index is 12.9. The van der Waals surface area contributed by atoms with Gasteiger partial charge in [-0.1, -0.05) is 48.6 Å². The molecule has 23 heavy (non-hydrogen) atoms. The van der Waals surface area contributed by atoms with Gasteiger partial charge in [-0.15, -0.1) is 8.78 Å². The van der Waals surface area contributed by atoms with Crippen LogP contribution in [0.25, 0.3) is 6.08 Å². The third-order valence-corrected chi connectivity index (χ3v) is 3.28. The lowest BCUT2D eigenvalue weighted by atomic mass is 10.2. The molecule has 3 nitrogen and oxygen atoms in total. The second kappa shape index (κ2) is 6.79. The fraction of sp³-hybridized carbons (Fsp3) is 0.222. The van der Waals surface area contributed by atoms with E-state index < -0.39 is 6.29 Å². The van der Waals surface area contributed by atoms with Gasteiger partial charge in [0.2, 0.25) is 0 Å². The number of hydrogen-bond acceptors (Lipinski definition) is 3. The van der Waals surface area contributed by atoms with Crippen molar-refractivity contribution in [3.05, 3.63) is 65.7 Å². The smallest absolute Gasteiger partial charge is 0.395 e. The van der Waals surface area contributed by atoms with Crippen LogP contribution >= 0.6 is 0 Å². The number of benzene rings is 2. The molecule has 0 aromatic heterocycles. The minimum atomic E-state index is -3.57. The summed E-state index contributed by atoms with van der Waals surface area (Å²) in [6, 6.07) is 14.6. The number of ether oxygens (including phenoxy) is 3. The first kappa shape index (κ1) is 15.5. The quantitative estimate of drug-likeness (QED) is 0.727. The monoisotopic (exact) mass is 318 g/mol. The minimum absolute atomic E-state index is 0.0532. The first-order chi connectivity index (χ1) is 11.1. The highest BCUT2D eigenvalue weighted by Crippen LogP contribution is 2.41. The third-order valence-electron chi connectivity index (χ3n) is 3.28. The number of halogens is 2. The molecule has 0 unspecified atom stereocenters. The first-order valence-corrected chi connectivity index (χ1v) is 7.30. The average Bonchev–Trinajstić information content (AvgIpc) is 2.85. The number of rotatable bonds is 6. The van der Waals surface area contributed by atoms with E-state index in [4.69, 9.17) is 4.74 Å². The van der Waals surface area contributed by atoms with Gasteiger partial charge >= 0.3 is 6.29 Å². The topological polar surface area (TPSA) is 27.7 Å². The van der Waals surface area contributed by atoms with E-state index in [0.29, 0.717) is 13.2 Å². The van der Waals surface area contributed by atoms with Crippen LogP contribution < -0.4 is 9.47 Å². The molecular weight excluding hydrogens is 302 g/mol. The molecule has 0 aliphatic carbocycles. The highest BCUT2D eigenvalue weighted by molar-refractivity contribution is 5.56. The molecule has 0 saturated heterocycles. The van der Waals surface area contributed by atoms with Crippen molar-refractivity contribution in [2.45, 2.75) is 19.3 Å². The summed E-state index contributed by atoms with van der Waals surface area (Å²) in [5.41, 5.74) is 1.90. The molecule has 3 rings (SSSR count). The van der Waals surface area contributed by atoms with Crippen molar-refractivity contribution in [3.63, 3.8) is 0 Å². The van der Waals surface area contributed by atoms with Gasteiger partial charge in [0.05, 0.1) is 13.2 Å². The molecule has 0 amide bonds. The highest BCUT2D eigenvalue weighted by atomic mass is 19.3. The Labute approximate surface area is 133 Å². The van der Waals surface area contributed by atoms with Crippen LogP contribution in [0.1, 0.15) is 17.5 Å². The number of hydrogen-bond donors (Lipinski definition) is 0. The van der Waals surface area contributed by atoms with E-state index in [2.05, 4.69) is 9.47 Å². The molecule has 0 fully saturated rings. The summed E-state index contributed by atoms with van der Waals surface area (Å²) in [5, 5.41) is 0. The van der Waals surface area contributed by atoms with Crippen LogP contribution in [-0.2, 0) is 11.3 Å². The van der Waals surface area contributed by atoms with E-state index in [1.165, 1.54) is 12.1 Å². The highest BCUT2D eigenvalue weighted by Gasteiger charge is 2.43. The van der Waals surface area contributed by atoms with Gasteiger partial charge in [0.1, 0.15) is 0 Å².